The number of aliphatic hydroxyl groups excluding tert-OH is 1. The van der Waals surface area contributed by atoms with Crippen molar-refractivity contribution in [3.05, 3.63) is 51.2 Å². The molecule has 1 aliphatic carbocycles. The lowest BCUT2D eigenvalue weighted by molar-refractivity contribution is -0.118. The van der Waals surface area contributed by atoms with E-state index in [-0.39, 0.29) is 35.6 Å². The standard InChI is InChI=1S/C17H15BrO3/c1-7-5-9(18)6-8(2)12(7)15-16(19)13-10-3-4-11(21-10)14(13)17(15)20/h3-6,10-11,13-14,19H,1-2H3/t10-,11+,13?,14+/m1/s1. The Morgan fingerprint density at radius 1 is 1.10 bits per heavy atom. The molecule has 1 fully saturated rings. The molecule has 0 saturated carbocycles. The van der Waals surface area contributed by atoms with E-state index in [0.717, 1.165) is 21.2 Å². The van der Waals surface area contributed by atoms with Crippen LogP contribution in [0.25, 0.3) is 5.57 Å². The fraction of sp³-hybridized carbons (Fsp3) is 0.353. The van der Waals surface area contributed by atoms with Crippen molar-refractivity contribution in [1.82, 2.24) is 0 Å². The first-order valence-electron chi connectivity index (χ1n) is 7.07. The van der Waals surface area contributed by atoms with Gasteiger partial charge in [-0.25, -0.2) is 0 Å². The number of carbonyl (C=O) groups is 1. The second kappa shape index (κ2) is 4.31. The summed E-state index contributed by atoms with van der Waals surface area (Å²) in [5.41, 5.74) is 3.36. The van der Waals surface area contributed by atoms with Crippen LogP contribution in [-0.2, 0) is 9.53 Å². The van der Waals surface area contributed by atoms with Crippen molar-refractivity contribution in [2.24, 2.45) is 11.8 Å². The fourth-order valence-corrected chi connectivity index (χ4v) is 4.65. The number of aliphatic hydroxyl groups is 1. The molecule has 3 aliphatic rings. The van der Waals surface area contributed by atoms with Crippen LogP contribution in [0.3, 0.4) is 0 Å². The number of hydrogen-bond donors (Lipinski definition) is 1. The predicted molar refractivity (Wildman–Crippen MR) is 83.0 cm³/mol. The second-order valence-corrected chi connectivity index (χ2v) is 6.96. The zero-order valence-corrected chi connectivity index (χ0v) is 13.3. The van der Waals surface area contributed by atoms with E-state index in [1.54, 1.807) is 0 Å². The molecule has 1 aromatic carbocycles. The maximum absolute atomic E-state index is 12.8. The van der Waals surface area contributed by atoms with Crippen LogP contribution in [0, 0.1) is 25.7 Å². The van der Waals surface area contributed by atoms with Crippen molar-refractivity contribution < 1.29 is 14.6 Å². The van der Waals surface area contributed by atoms with Crippen molar-refractivity contribution in [2.45, 2.75) is 26.1 Å². The van der Waals surface area contributed by atoms with Gasteiger partial charge in [-0.1, -0.05) is 28.1 Å². The van der Waals surface area contributed by atoms with Crippen molar-refractivity contribution in [3.8, 4) is 0 Å². The maximum Gasteiger partial charge on any atom is 0.173 e. The molecule has 0 spiro atoms. The van der Waals surface area contributed by atoms with E-state index in [1.807, 2.05) is 38.1 Å². The van der Waals surface area contributed by atoms with E-state index in [4.69, 9.17) is 4.74 Å². The molecule has 108 valence electrons. The first-order valence-corrected chi connectivity index (χ1v) is 7.86. The number of allylic oxidation sites excluding steroid dienone is 1. The van der Waals surface area contributed by atoms with Gasteiger partial charge in [-0.2, -0.15) is 0 Å². The van der Waals surface area contributed by atoms with Crippen LogP contribution < -0.4 is 0 Å². The quantitative estimate of drug-likeness (QED) is 0.791. The Morgan fingerprint density at radius 3 is 2.24 bits per heavy atom. The average Bonchev–Trinajstić information content (AvgIpc) is 3.06. The van der Waals surface area contributed by atoms with Crippen molar-refractivity contribution in [3.63, 3.8) is 0 Å². The van der Waals surface area contributed by atoms with Crippen LogP contribution in [0.1, 0.15) is 16.7 Å². The Kier molecular flexibility index (Phi) is 2.72. The average molecular weight is 347 g/mol. The molecule has 2 bridgehead atoms. The molecule has 1 N–H and O–H groups in total. The number of aryl methyl sites for hydroxylation is 2. The lowest BCUT2D eigenvalue weighted by Crippen LogP contribution is -2.26. The van der Waals surface area contributed by atoms with Gasteiger partial charge in [0.15, 0.2) is 5.78 Å². The zero-order valence-electron chi connectivity index (χ0n) is 11.8. The molecule has 4 rings (SSSR count). The summed E-state index contributed by atoms with van der Waals surface area (Å²) >= 11 is 3.47. The van der Waals surface area contributed by atoms with Crippen molar-refractivity contribution in [2.75, 3.05) is 0 Å². The van der Waals surface area contributed by atoms with E-state index in [9.17, 15) is 9.90 Å². The number of fused-ring (bicyclic) bond motifs is 5. The van der Waals surface area contributed by atoms with Gasteiger partial charge in [0.25, 0.3) is 0 Å². The highest BCUT2D eigenvalue weighted by molar-refractivity contribution is 9.10. The number of rotatable bonds is 1. The molecule has 3 nitrogen and oxygen atoms in total. The van der Waals surface area contributed by atoms with Gasteiger partial charge in [0.2, 0.25) is 0 Å². The van der Waals surface area contributed by atoms with E-state index in [2.05, 4.69) is 15.9 Å². The number of ether oxygens (including phenoxy) is 1. The van der Waals surface area contributed by atoms with Gasteiger partial charge in [0.1, 0.15) is 5.76 Å². The number of carbonyl (C=O) groups excluding carboxylic acids is 1. The molecule has 2 heterocycles. The molecule has 1 unspecified atom stereocenters. The highest BCUT2D eigenvalue weighted by atomic mass is 79.9. The molecule has 2 aliphatic heterocycles. The summed E-state index contributed by atoms with van der Waals surface area (Å²) in [7, 11) is 0. The highest BCUT2D eigenvalue weighted by Crippen LogP contribution is 2.51. The Labute approximate surface area is 131 Å². The summed E-state index contributed by atoms with van der Waals surface area (Å²) in [5.74, 6) is -0.236. The molecular weight excluding hydrogens is 332 g/mol. The van der Waals surface area contributed by atoms with Gasteiger partial charge in [0.05, 0.1) is 29.6 Å². The molecule has 0 radical (unpaired) electrons. The van der Waals surface area contributed by atoms with E-state index >= 15 is 0 Å². The van der Waals surface area contributed by atoms with E-state index < -0.39 is 0 Å². The summed E-state index contributed by atoms with van der Waals surface area (Å²) in [6.45, 7) is 3.94. The van der Waals surface area contributed by atoms with Crippen molar-refractivity contribution >= 4 is 27.3 Å². The Balaban J connectivity index is 1.89. The number of hydrogen-bond acceptors (Lipinski definition) is 3. The lowest BCUT2D eigenvalue weighted by Gasteiger charge is -2.15. The number of Topliss-reactive ketones (excluding diaryl/α,β-unsaturated/α-hetero) is 1. The summed E-state index contributed by atoms with van der Waals surface area (Å²) in [4.78, 5) is 12.8. The zero-order chi connectivity index (χ0) is 14.9. The lowest BCUT2D eigenvalue weighted by atomic mass is 9.84. The molecular formula is C17H15BrO3. The monoisotopic (exact) mass is 346 g/mol. The van der Waals surface area contributed by atoms with Crippen LogP contribution in [0.5, 0.6) is 0 Å². The molecule has 0 aromatic heterocycles. The van der Waals surface area contributed by atoms with Crippen LogP contribution in [0.2, 0.25) is 0 Å². The third kappa shape index (κ3) is 1.66. The summed E-state index contributed by atoms with van der Waals surface area (Å²) < 4.78 is 6.69. The molecule has 21 heavy (non-hydrogen) atoms. The third-order valence-electron chi connectivity index (χ3n) is 4.77. The van der Waals surface area contributed by atoms with Crippen LogP contribution in [0.4, 0.5) is 0 Å². The first-order chi connectivity index (χ1) is 9.99. The minimum absolute atomic E-state index is 0.0165. The minimum Gasteiger partial charge on any atom is -0.511 e. The maximum atomic E-state index is 12.8. The summed E-state index contributed by atoms with van der Waals surface area (Å²) in [6, 6.07) is 3.96. The third-order valence-corrected chi connectivity index (χ3v) is 5.23. The summed E-state index contributed by atoms with van der Waals surface area (Å²) in [6.07, 6.45) is 3.57. The molecule has 4 heteroatoms. The van der Waals surface area contributed by atoms with Gasteiger partial charge < -0.3 is 9.84 Å². The minimum atomic E-state index is -0.252. The number of ketones is 1. The van der Waals surface area contributed by atoms with Crippen LogP contribution in [0.15, 0.2) is 34.5 Å². The topological polar surface area (TPSA) is 46.5 Å². The van der Waals surface area contributed by atoms with Gasteiger partial charge in [-0.3, -0.25) is 4.79 Å². The first kappa shape index (κ1) is 13.3. The van der Waals surface area contributed by atoms with Crippen molar-refractivity contribution in [1.29, 1.82) is 0 Å². The number of halogens is 1. The van der Waals surface area contributed by atoms with Crippen LogP contribution in [-0.4, -0.2) is 23.1 Å². The van der Waals surface area contributed by atoms with Gasteiger partial charge in [0, 0.05) is 4.47 Å². The molecule has 1 saturated heterocycles. The van der Waals surface area contributed by atoms with Gasteiger partial charge in [-0.15, -0.1) is 0 Å². The molecule has 1 aromatic rings. The number of benzene rings is 1. The Morgan fingerprint density at radius 2 is 1.67 bits per heavy atom. The van der Waals surface area contributed by atoms with Gasteiger partial charge >= 0.3 is 0 Å². The highest BCUT2D eigenvalue weighted by Gasteiger charge is 2.57. The van der Waals surface area contributed by atoms with Crippen LogP contribution >= 0.6 is 15.9 Å². The smallest absolute Gasteiger partial charge is 0.173 e. The Hall–Kier alpha value is -1.39. The fourth-order valence-electron chi connectivity index (χ4n) is 3.96. The largest absolute Gasteiger partial charge is 0.511 e. The van der Waals surface area contributed by atoms with Gasteiger partial charge in [-0.05, 0) is 42.7 Å². The normalized spacial score (nSPS) is 33.2. The Bertz CT molecular complexity index is 709. The molecule has 0 amide bonds. The van der Waals surface area contributed by atoms with E-state index in [1.165, 1.54) is 0 Å². The predicted octanol–water partition coefficient (Wildman–Crippen LogP) is 3.49. The second-order valence-electron chi connectivity index (χ2n) is 6.04. The SMILES string of the molecule is Cc1cc(Br)cc(C)c1C1=C(O)C2[C@@H](C1=O)[C@@H]1C=C[C@H]2O1. The summed E-state index contributed by atoms with van der Waals surface area (Å²) in [5, 5.41) is 10.7. The van der Waals surface area contributed by atoms with E-state index in [0.29, 0.717) is 5.57 Å². The molecule has 4 atom stereocenters.